The van der Waals surface area contributed by atoms with Crippen molar-refractivity contribution in [1.82, 2.24) is 4.90 Å². The summed E-state index contributed by atoms with van der Waals surface area (Å²) in [6, 6.07) is 8.04. The fourth-order valence-electron chi connectivity index (χ4n) is 3.19. The van der Waals surface area contributed by atoms with Gasteiger partial charge in [-0.2, -0.15) is 0 Å². The first kappa shape index (κ1) is 17.3. The molecule has 0 aliphatic carbocycles. The van der Waals surface area contributed by atoms with E-state index in [9.17, 15) is 4.79 Å². The summed E-state index contributed by atoms with van der Waals surface area (Å²) in [5.41, 5.74) is 4.29. The van der Waals surface area contributed by atoms with Crippen molar-refractivity contribution in [2.75, 3.05) is 7.05 Å². The molecule has 0 aliphatic heterocycles. The number of rotatable bonds is 5. The molecule has 4 heteroatoms. The normalized spacial score (nSPS) is 11.4. The van der Waals surface area contributed by atoms with E-state index in [1.807, 2.05) is 19.1 Å². The fourth-order valence-corrected chi connectivity index (χ4v) is 3.19. The van der Waals surface area contributed by atoms with Crippen LogP contribution in [0.2, 0.25) is 0 Å². The van der Waals surface area contributed by atoms with E-state index in [0.717, 1.165) is 28.1 Å². The number of carbonyl (C=O) groups excluding carboxylic acids is 1. The molecule has 25 heavy (non-hydrogen) atoms. The molecule has 0 N–H and O–H groups in total. The van der Waals surface area contributed by atoms with Gasteiger partial charge in [0.2, 0.25) is 5.91 Å². The summed E-state index contributed by atoms with van der Waals surface area (Å²) in [7, 11) is 1.80. The minimum atomic E-state index is 0.0448. The zero-order valence-electron chi connectivity index (χ0n) is 15.6. The van der Waals surface area contributed by atoms with E-state index < -0.39 is 0 Å². The summed E-state index contributed by atoms with van der Waals surface area (Å²) >= 11 is 0. The van der Waals surface area contributed by atoms with Crippen molar-refractivity contribution >= 4 is 16.9 Å². The Morgan fingerprint density at radius 2 is 1.96 bits per heavy atom. The number of likely N-dealkylation sites (N-methyl/N-ethyl adjacent to an activating group) is 1. The minimum Gasteiger partial charge on any atom is -0.464 e. The number of carbonyl (C=O) groups is 1. The predicted molar refractivity (Wildman–Crippen MR) is 98.7 cm³/mol. The summed E-state index contributed by atoms with van der Waals surface area (Å²) in [6.07, 6.45) is 2.03. The van der Waals surface area contributed by atoms with E-state index in [1.54, 1.807) is 18.2 Å². The number of nitrogens with zero attached hydrogens (tertiary/aromatic N) is 1. The van der Waals surface area contributed by atoms with Gasteiger partial charge in [-0.05, 0) is 55.2 Å². The molecule has 0 spiro atoms. The van der Waals surface area contributed by atoms with Crippen molar-refractivity contribution in [3.8, 4) is 0 Å². The highest BCUT2D eigenvalue weighted by Gasteiger charge is 2.17. The first-order valence-electron chi connectivity index (χ1n) is 8.65. The van der Waals surface area contributed by atoms with Gasteiger partial charge in [0.25, 0.3) is 0 Å². The zero-order valence-corrected chi connectivity index (χ0v) is 15.6. The van der Waals surface area contributed by atoms with E-state index in [4.69, 9.17) is 8.83 Å². The van der Waals surface area contributed by atoms with Crippen LogP contribution in [0.4, 0.5) is 0 Å². The molecule has 0 unspecified atom stereocenters. The van der Waals surface area contributed by atoms with Crippen molar-refractivity contribution in [3.05, 3.63) is 58.7 Å². The van der Waals surface area contributed by atoms with Crippen molar-refractivity contribution < 1.29 is 13.6 Å². The van der Waals surface area contributed by atoms with Crippen molar-refractivity contribution in [2.45, 2.75) is 46.6 Å². The molecule has 1 aromatic carbocycles. The molecule has 0 saturated heterocycles. The van der Waals surface area contributed by atoms with Crippen LogP contribution in [0.15, 0.2) is 39.4 Å². The number of furan rings is 2. The molecule has 0 bridgehead atoms. The van der Waals surface area contributed by atoms with Gasteiger partial charge in [-0.3, -0.25) is 4.79 Å². The number of fused-ring (bicyclic) bond motifs is 1. The van der Waals surface area contributed by atoms with Crippen LogP contribution in [0.5, 0.6) is 0 Å². The minimum absolute atomic E-state index is 0.0448. The van der Waals surface area contributed by atoms with Crippen LogP contribution >= 0.6 is 0 Å². The molecule has 132 valence electrons. The van der Waals surface area contributed by atoms with E-state index >= 15 is 0 Å². The van der Waals surface area contributed by atoms with Gasteiger partial charge in [-0.15, -0.1) is 0 Å². The average Bonchev–Trinajstić information content (AvgIpc) is 3.12. The van der Waals surface area contributed by atoms with Crippen molar-refractivity contribution in [3.63, 3.8) is 0 Å². The average molecular weight is 339 g/mol. The monoisotopic (exact) mass is 339 g/mol. The van der Waals surface area contributed by atoms with Crippen molar-refractivity contribution in [1.29, 1.82) is 0 Å². The first-order chi connectivity index (χ1) is 11.8. The molecule has 3 aromatic rings. The highest BCUT2D eigenvalue weighted by Crippen LogP contribution is 2.29. The van der Waals surface area contributed by atoms with Gasteiger partial charge in [-0.1, -0.05) is 13.8 Å². The second kappa shape index (κ2) is 6.79. The molecule has 0 fully saturated rings. The summed E-state index contributed by atoms with van der Waals surface area (Å²) in [5.74, 6) is 2.13. The second-order valence-electron chi connectivity index (χ2n) is 7.06. The Kier molecular flexibility index (Phi) is 4.71. The fraction of sp³-hybridized carbons (Fsp3) is 0.381. The lowest BCUT2D eigenvalue weighted by atomic mass is 9.95. The van der Waals surface area contributed by atoms with Gasteiger partial charge in [-0.25, -0.2) is 0 Å². The molecule has 2 aromatic heterocycles. The molecule has 2 heterocycles. The van der Waals surface area contributed by atoms with Gasteiger partial charge in [0.05, 0.1) is 19.2 Å². The first-order valence-corrected chi connectivity index (χ1v) is 8.65. The van der Waals surface area contributed by atoms with Crippen LogP contribution in [0.25, 0.3) is 11.0 Å². The second-order valence-corrected chi connectivity index (χ2v) is 7.06. The van der Waals surface area contributed by atoms with Gasteiger partial charge in [0.15, 0.2) is 0 Å². The Labute approximate surface area is 148 Å². The lowest BCUT2D eigenvalue weighted by Gasteiger charge is -2.15. The molecule has 0 aliphatic rings. The molecular weight excluding hydrogens is 314 g/mol. The van der Waals surface area contributed by atoms with Crippen LogP contribution in [0, 0.1) is 13.8 Å². The summed E-state index contributed by atoms with van der Waals surface area (Å²) in [6.45, 7) is 8.83. The Balaban J connectivity index is 1.79. The van der Waals surface area contributed by atoms with Crippen LogP contribution in [0.3, 0.4) is 0 Å². The van der Waals surface area contributed by atoms with Crippen molar-refractivity contribution in [2.24, 2.45) is 0 Å². The number of benzene rings is 1. The molecule has 0 saturated carbocycles. The highest BCUT2D eigenvalue weighted by molar-refractivity contribution is 5.88. The summed E-state index contributed by atoms with van der Waals surface area (Å²) in [4.78, 5) is 14.3. The number of amides is 1. The SMILES string of the molecule is Cc1ccc(CN(C)C(=O)Cc2coc3cc(C)c(C(C)C)cc23)o1. The Bertz CT molecular complexity index is 901. The molecule has 0 radical (unpaired) electrons. The third-order valence-corrected chi connectivity index (χ3v) is 4.62. The van der Waals surface area contributed by atoms with Crippen LogP contribution in [-0.2, 0) is 17.8 Å². The lowest BCUT2D eigenvalue weighted by molar-refractivity contribution is -0.129. The Hall–Kier alpha value is -2.49. The van der Waals surface area contributed by atoms with Gasteiger partial charge >= 0.3 is 0 Å². The molecule has 4 nitrogen and oxygen atoms in total. The largest absolute Gasteiger partial charge is 0.464 e. The number of hydrogen-bond donors (Lipinski definition) is 0. The smallest absolute Gasteiger partial charge is 0.227 e. The molecular formula is C21H25NO3. The summed E-state index contributed by atoms with van der Waals surface area (Å²) in [5, 5.41) is 1.03. The maximum Gasteiger partial charge on any atom is 0.227 e. The Morgan fingerprint density at radius 3 is 2.60 bits per heavy atom. The third kappa shape index (κ3) is 3.63. The maximum absolute atomic E-state index is 12.6. The highest BCUT2D eigenvalue weighted by atomic mass is 16.3. The van der Waals surface area contributed by atoms with Crippen LogP contribution in [0.1, 0.15) is 48.0 Å². The predicted octanol–water partition coefficient (Wildman–Crippen LogP) is 4.97. The van der Waals surface area contributed by atoms with Gasteiger partial charge in [0, 0.05) is 18.0 Å². The molecule has 1 amide bonds. The quantitative estimate of drug-likeness (QED) is 0.659. The molecule has 0 atom stereocenters. The topological polar surface area (TPSA) is 46.6 Å². The van der Waals surface area contributed by atoms with E-state index in [1.165, 1.54) is 11.1 Å². The number of aryl methyl sites for hydroxylation is 2. The third-order valence-electron chi connectivity index (χ3n) is 4.62. The van der Waals surface area contributed by atoms with E-state index in [0.29, 0.717) is 18.9 Å². The Morgan fingerprint density at radius 1 is 1.20 bits per heavy atom. The standard InChI is InChI=1S/C21H25NO3/c1-13(2)18-10-19-16(12-24-20(19)8-14(18)3)9-21(23)22(5)11-17-7-6-15(4)25-17/h6-8,10,12-13H,9,11H2,1-5H3. The maximum atomic E-state index is 12.6. The summed E-state index contributed by atoms with van der Waals surface area (Å²) < 4.78 is 11.2. The van der Waals surface area contributed by atoms with E-state index in [-0.39, 0.29) is 5.91 Å². The van der Waals surface area contributed by atoms with Crippen LogP contribution < -0.4 is 0 Å². The van der Waals surface area contributed by atoms with E-state index in [2.05, 4.69) is 32.9 Å². The van der Waals surface area contributed by atoms with Gasteiger partial charge < -0.3 is 13.7 Å². The van der Waals surface area contributed by atoms with Crippen LogP contribution in [-0.4, -0.2) is 17.9 Å². The number of hydrogen-bond acceptors (Lipinski definition) is 3. The zero-order chi connectivity index (χ0) is 18.1. The lowest BCUT2D eigenvalue weighted by Crippen LogP contribution is -2.27. The molecule has 3 rings (SSSR count). The van der Waals surface area contributed by atoms with Gasteiger partial charge in [0.1, 0.15) is 17.1 Å².